The molecule has 0 radical (unpaired) electrons. The smallest absolute Gasteiger partial charge is 0.162 e. The summed E-state index contributed by atoms with van der Waals surface area (Å²) in [6.07, 6.45) is 6.48. The topological polar surface area (TPSA) is 41.5 Å². The van der Waals surface area contributed by atoms with Crippen LogP contribution in [-0.4, -0.2) is 17.8 Å². The van der Waals surface area contributed by atoms with Gasteiger partial charge >= 0.3 is 0 Å². The van der Waals surface area contributed by atoms with Gasteiger partial charge in [-0.05, 0) is 44.6 Å². The molecule has 1 saturated carbocycles. The third-order valence-corrected chi connectivity index (χ3v) is 4.39. The minimum Gasteiger partial charge on any atom is -0.504 e. The van der Waals surface area contributed by atoms with E-state index in [2.05, 4.69) is 12.2 Å². The lowest BCUT2D eigenvalue weighted by atomic mass is 9.84. The van der Waals surface area contributed by atoms with E-state index in [4.69, 9.17) is 4.74 Å². The van der Waals surface area contributed by atoms with E-state index in [1.807, 2.05) is 25.1 Å². The Kier molecular flexibility index (Phi) is 5.72. The van der Waals surface area contributed by atoms with Crippen molar-refractivity contribution in [2.24, 2.45) is 5.92 Å². The molecule has 2 N–H and O–H groups in total. The van der Waals surface area contributed by atoms with Gasteiger partial charge < -0.3 is 15.2 Å². The van der Waals surface area contributed by atoms with E-state index >= 15 is 0 Å². The molecule has 0 spiro atoms. The second kappa shape index (κ2) is 7.53. The SMILES string of the molecule is CCOc1cccc(CNC2CCC(CC)CC2)c1O. The quantitative estimate of drug-likeness (QED) is 0.830. The van der Waals surface area contributed by atoms with E-state index in [0.717, 1.165) is 11.5 Å². The van der Waals surface area contributed by atoms with E-state index in [0.29, 0.717) is 24.9 Å². The van der Waals surface area contributed by atoms with Crippen molar-refractivity contribution in [2.45, 2.75) is 58.5 Å². The first-order valence-electron chi connectivity index (χ1n) is 7.91. The fourth-order valence-corrected chi connectivity index (χ4v) is 3.01. The van der Waals surface area contributed by atoms with Crippen LogP contribution in [0.4, 0.5) is 0 Å². The van der Waals surface area contributed by atoms with E-state index in [1.54, 1.807) is 0 Å². The molecule has 0 heterocycles. The van der Waals surface area contributed by atoms with Gasteiger partial charge in [-0.25, -0.2) is 0 Å². The molecule has 0 amide bonds. The summed E-state index contributed by atoms with van der Waals surface area (Å²) in [5, 5.41) is 13.7. The number of aromatic hydroxyl groups is 1. The Morgan fingerprint density at radius 1 is 1.20 bits per heavy atom. The van der Waals surface area contributed by atoms with Gasteiger partial charge in [0.15, 0.2) is 11.5 Å². The largest absolute Gasteiger partial charge is 0.504 e. The number of benzene rings is 1. The van der Waals surface area contributed by atoms with Crippen LogP contribution in [-0.2, 0) is 6.54 Å². The number of para-hydroxylation sites is 1. The third kappa shape index (κ3) is 3.89. The molecule has 1 aliphatic rings. The summed E-state index contributed by atoms with van der Waals surface area (Å²) in [6.45, 7) is 5.51. The highest BCUT2D eigenvalue weighted by Crippen LogP contribution is 2.31. The first-order valence-corrected chi connectivity index (χ1v) is 7.91. The van der Waals surface area contributed by atoms with Crippen molar-refractivity contribution < 1.29 is 9.84 Å². The number of rotatable bonds is 6. The average molecular weight is 277 g/mol. The van der Waals surface area contributed by atoms with Gasteiger partial charge in [-0.3, -0.25) is 0 Å². The number of hydrogen-bond acceptors (Lipinski definition) is 3. The van der Waals surface area contributed by atoms with Crippen LogP contribution in [0.3, 0.4) is 0 Å². The molecule has 0 saturated heterocycles. The molecule has 0 unspecified atom stereocenters. The van der Waals surface area contributed by atoms with Gasteiger partial charge in [0.05, 0.1) is 6.61 Å². The van der Waals surface area contributed by atoms with Gasteiger partial charge in [-0.1, -0.05) is 25.5 Å². The van der Waals surface area contributed by atoms with E-state index in [9.17, 15) is 5.11 Å². The Hall–Kier alpha value is -1.22. The van der Waals surface area contributed by atoms with Crippen LogP contribution < -0.4 is 10.1 Å². The summed E-state index contributed by atoms with van der Waals surface area (Å²) in [5.74, 6) is 1.79. The molecule has 0 bridgehead atoms. The van der Waals surface area contributed by atoms with Crippen molar-refractivity contribution in [3.05, 3.63) is 23.8 Å². The van der Waals surface area contributed by atoms with E-state index in [1.165, 1.54) is 32.1 Å². The maximum atomic E-state index is 10.2. The molecule has 3 nitrogen and oxygen atoms in total. The van der Waals surface area contributed by atoms with Crippen molar-refractivity contribution in [1.82, 2.24) is 5.32 Å². The molecule has 0 aromatic heterocycles. The highest BCUT2D eigenvalue weighted by molar-refractivity contribution is 5.45. The molecule has 1 aromatic rings. The fourth-order valence-electron chi connectivity index (χ4n) is 3.01. The van der Waals surface area contributed by atoms with Crippen LogP contribution >= 0.6 is 0 Å². The third-order valence-electron chi connectivity index (χ3n) is 4.39. The Balaban J connectivity index is 1.86. The first kappa shape index (κ1) is 15.2. The monoisotopic (exact) mass is 277 g/mol. The molecule has 3 heteroatoms. The summed E-state index contributed by atoms with van der Waals surface area (Å²) in [5.41, 5.74) is 0.925. The van der Waals surface area contributed by atoms with Crippen LogP contribution in [0.25, 0.3) is 0 Å². The number of hydrogen-bond donors (Lipinski definition) is 2. The maximum absolute atomic E-state index is 10.2. The Morgan fingerprint density at radius 2 is 1.95 bits per heavy atom. The maximum Gasteiger partial charge on any atom is 0.162 e. The van der Waals surface area contributed by atoms with Gasteiger partial charge in [0.25, 0.3) is 0 Å². The van der Waals surface area contributed by atoms with Crippen LogP contribution in [0.5, 0.6) is 11.5 Å². The average Bonchev–Trinajstić information content (AvgIpc) is 2.49. The summed E-state index contributed by atoms with van der Waals surface area (Å²) >= 11 is 0. The zero-order chi connectivity index (χ0) is 14.4. The molecule has 1 aromatic carbocycles. The van der Waals surface area contributed by atoms with Gasteiger partial charge in [-0.2, -0.15) is 0 Å². The number of nitrogens with one attached hydrogen (secondary N) is 1. The van der Waals surface area contributed by atoms with Crippen molar-refractivity contribution >= 4 is 0 Å². The van der Waals surface area contributed by atoms with Gasteiger partial charge in [0.2, 0.25) is 0 Å². The Morgan fingerprint density at radius 3 is 2.60 bits per heavy atom. The van der Waals surface area contributed by atoms with Crippen LogP contribution in [0.2, 0.25) is 0 Å². The Labute approximate surface area is 122 Å². The summed E-state index contributed by atoms with van der Waals surface area (Å²) < 4.78 is 5.42. The minimum atomic E-state index is 0.282. The molecule has 1 aliphatic carbocycles. The second-order valence-corrected chi connectivity index (χ2v) is 5.70. The molecule has 2 rings (SSSR count). The van der Waals surface area contributed by atoms with Crippen molar-refractivity contribution in [3.63, 3.8) is 0 Å². The molecular weight excluding hydrogens is 250 g/mol. The molecule has 112 valence electrons. The van der Waals surface area contributed by atoms with Crippen LogP contribution in [0.15, 0.2) is 18.2 Å². The zero-order valence-electron chi connectivity index (χ0n) is 12.7. The van der Waals surface area contributed by atoms with Crippen molar-refractivity contribution in [1.29, 1.82) is 0 Å². The number of phenols is 1. The predicted molar refractivity (Wildman–Crippen MR) is 82.2 cm³/mol. The minimum absolute atomic E-state index is 0.282. The van der Waals surface area contributed by atoms with E-state index < -0.39 is 0 Å². The first-order chi connectivity index (χ1) is 9.74. The summed E-state index contributed by atoms with van der Waals surface area (Å²) in [7, 11) is 0. The molecular formula is C17H27NO2. The van der Waals surface area contributed by atoms with Crippen LogP contribution in [0, 0.1) is 5.92 Å². The normalized spacial score (nSPS) is 22.7. The second-order valence-electron chi connectivity index (χ2n) is 5.70. The molecule has 0 aliphatic heterocycles. The highest BCUT2D eigenvalue weighted by atomic mass is 16.5. The van der Waals surface area contributed by atoms with E-state index in [-0.39, 0.29) is 5.75 Å². The summed E-state index contributed by atoms with van der Waals surface area (Å²) in [6, 6.07) is 6.31. The lowest BCUT2D eigenvalue weighted by Crippen LogP contribution is -2.32. The fraction of sp³-hybridized carbons (Fsp3) is 0.647. The summed E-state index contributed by atoms with van der Waals surface area (Å²) in [4.78, 5) is 0. The highest BCUT2D eigenvalue weighted by Gasteiger charge is 2.19. The van der Waals surface area contributed by atoms with Crippen LogP contribution in [0.1, 0.15) is 51.5 Å². The van der Waals surface area contributed by atoms with Crippen molar-refractivity contribution in [3.8, 4) is 11.5 Å². The number of phenolic OH excluding ortho intramolecular Hbond substituents is 1. The number of ether oxygens (including phenoxy) is 1. The van der Waals surface area contributed by atoms with Crippen molar-refractivity contribution in [2.75, 3.05) is 6.61 Å². The molecule has 20 heavy (non-hydrogen) atoms. The lowest BCUT2D eigenvalue weighted by Gasteiger charge is -2.28. The molecule has 0 atom stereocenters. The lowest BCUT2D eigenvalue weighted by molar-refractivity contribution is 0.283. The van der Waals surface area contributed by atoms with Gasteiger partial charge in [0.1, 0.15) is 0 Å². The van der Waals surface area contributed by atoms with Gasteiger partial charge in [-0.15, -0.1) is 0 Å². The Bertz CT molecular complexity index is 411. The predicted octanol–water partition coefficient (Wildman–Crippen LogP) is 3.85. The zero-order valence-corrected chi connectivity index (χ0v) is 12.7. The van der Waals surface area contributed by atoms with Gasteiger partial charge in [0, 0.05) is 18.2 Å². The molecule has 1 fully saturated rings. The standard InChI is InChI=1S/C17H27NO2/c1-3-13-8-10-15(11-9-13)18-12-14-6-5-7-16(17(14)19)20-4-2/h5-7,13,15,18-19H,3-4,8-12H2,1-2H3.